The van der Waals surface area contributed by atoms with E-state index in [1.165, 1.54) is 11.3 Å². The second-order valence-electron chi connectivity index (χ2n) is 8.60. The van der Waals surface area contributed by atoms with Crippen LogP contribution in [0.25, 0.3) is 0 Å². The second kappa shape index (κ2) is 8.83. The van der Waals surface area contributed by atoms with E-state index in [-0.39, 0.29) is 22.0 Å². The van der Waals surface area contributed by atoms with E-state index in [1.54, 1.807) is 30.0 Å². The van der Waals surface area contributed by atoms with Crippen LogP contribution < -0.4 is 9.62 Å². The van der Waals surface area contributed by atoms with E-state index < -0.39 is 10.0 Å². The number of aromatic nitrogens is 2. The molecule has 1 N–H and O–H groups in total. The quantitative estimate of drug-likeness (QED) is 0.550. The van der Waals surface area contributed by atoms with Crippen LogP contribution in [0.4, 0.5) is 10.8 Å². The zero-order valence-electron chi connectivity index (χ0n) is 18.8. The van der Waals surface area contributed by atoms with Crippen molar-refractivity contribution >= 4 is 49.7 Å². The van der Waals surface area contributed by atoms with Gasteiger partial charge in [-0.15, -0.1) is 10.2 Å². The average molecular weight is 518 g/mol. The number of aryl methyl sites for hydroxylation is 2. The van der Waals surface area contributed by atoms with Crippen molar-refractivity contribution in [3.05, 3.63) is 63.1 Å². The van der Waals surface area contributed by atoms with Crippen LogP contribution in [0.3, 0.4) is 0 Å². The fourth-order valence-electron chi connectivity index (χ4n) is 4.60. The number of nitrogens with one attached hydrogen (secondary N) is 1. The maximum absolute atomic E-state index is 13.4. The molecule has 1 amide bonds. The molecule has 11 heteroatoms. The smallest absolute Gasteiger partial charge is 0.263 e. The molecule has 0 fully saturated rings. The predicted molar refractivity (Wildman–Crippen MR) is 133 cm³/mol. The molecule has 2 aliphatic heterocycles. The molecule has 0 spiro atoms. The summed E-state index contributed by atoms with van der Waals surface area (Å²) in [5, 5.41) is 9.28. The van der Waals surface area contributed by atoms with Gasteiger partial charge in [0.15, 0.2) is 0 Å². The highest BCUT2D eigenvalue weighted by Gasteiger charge is 2.33. The molecule has 2 aromatic carbocycles. The molecule has 0 aliphatic carbocycles. The number of carbonyl (C=O) groups excluding carboxylic acids is 1. The van der Waals surface area contributed by atoms with Crippen LogP contribution in [-0.4, -0.2) is 42.0 Å². The molecule has 1 unspecified atom stereocenters. The van der Waals surface area contributed by atoms with Crippen LogP contribution in [0.1, 0.15) is 35.0 Å². The summed E-state index contributed by atoms with van der Waals surface area (Å²) in [6.45, 7) is 5.33. The number of benzene rings is 2. The Morgan fingerprint density at radius 2 is 1.91 bits per heavy atom. The molecule has 178 valence electrons. The third kappa shape index (κ3) is 4.37. The van der Waals surface area contributed by atoms with Crippen LogP contribution in [0, 0.1) is 6.92 Å². The van der Waals surface area contributed by atoms with Crippen molar-refractivity contribution in [1.82, 2.24) is 15.1 Å². The normalized spacial score (nSPS) is 16.2. The van der Waals surface area contributed by atoms with Gasteiger partial charge in [-0.1, -0.05) is 29.0 Å². The van der Waals surface area contributed by atoms with Gasteiger partial charge in [-0.3, -0.25) is 9.52 Å². The summed E-state index contributed by atoms with van der Waals surface area (Å²) >= 11 is 7.34. The van der Waals surface area contributed by atoms with Gasteiger partial charge in [0.05, 0.1) is 4.90 Å². The number of carbonyl (C=O) groups is 1. The SMILES string of the molecule is Cc1nnc(NS(=O)(=O)c2ccc3c(c2)CN(C(=O)C(C)N2CCCc4cc(Cl)ccc42)C3)s1. The zero-order valence-corrected chi connectivity index (χ0v) is 21.2. The third-order valence-corrected chi connectivity index (χ3v) is 8.75. The molecule has 2 aliphatic rings. The Morgan fingerprint density at radius 1 is 1.12 bits per heavy atom. The number of hydrogen-bond acceptors (Lipinski definition) is 7. The molecule has 0 bridgehead atoms. The number of hydrogen-bond donors (Lipinski definition) is 1. The lowest BCUT2D eigenvalue weighted by Crippen LogP contribution is -2.47. The molecule has 0 radical (unpaired) electrons. The lowest BCUT2D eigenvalue weighted by Gasteiger charge is -2.37. The van der Waals surface area contributed by atoms with Gasteiger partial charge in [-0.2, -0.15) is 0 Å². The maximum atomic E-state index is 13.4. The topological polar surface area (TPSA) is 95.5 Å². The van der Waals surface area contributed by atoms with Crippen molar-refractivity contribution in [2.45, 2.75) is 50.7 Å². The average Bonchev–Trinajstić information content (AvgIpc) is 3.42. The Balaban J connectivity index is 1.32. The van der Waals surface area contributed by atoms with Crippen molar-refractivity contribution in [3.8, 4) is 0 Å². The zero-order chi connectivity index (χ0) is 24.0. The first-order valence-electron chi connectivity index (χ1n) is 11.0. The molecular formula is C23H24ClN5O3S2. The van der Waals surface area contributed by atoms with Gasteiger partial charge in [-0.25, -0.2) is 8.42 Å². The summed E-state index contributed by atoms with van der Waals surface area (Å²) < 4.78 is 28.1. The van der Waals surface area contributed by atoms with Gasteiger partial charge < -0.3 is 9.80 Å². The maximum Gasteiger partial charge on any atom is 0.263 e. The Hall–Kier alpha value is -2.69. The standard InChI is InChI=1S/C23H24ClN5O3S2/c1-14(29-9-3-4-16-10-19(24)6-8-21(16)29)22(30)28-12-17-5-7-20(11-18(17)13-28)34(31,32)27-23-26-25-15(2)33-23/h5-8,10-11,14H,3-4,9,12-13H2,1-2H3,(H,26,27). The molecule has 3 heterocycles. The lowest BCUT2D eigenvalue weighted by atomic mass is 10.00. The number of halogens is 1. The molecule has 1 atom stereocenters. The molecule has 0 saturated carbocycles. The van der Waals surface area contributed by atoms with Gasteiger partial charge >= 0.3 is 0 Å². The van der Waals surface area contributed by atoms with E-state index >= 15 is 0 Å². The van der Waals surface area contributed by atoms with Crippen molar-refractivity contribution in [2.75, 3.05) is 16.2 Å². The van der Waals surface area contributed by atoms with E-state index in [9.17, 15) is 13.2 Å². The Bertz CT molecular complexity index is 1370. The lowest BCUT2D eigenvalue weighted by molar-refractivity contribution is -0.132. The monoisotopic (exact) mass is 517 g/mol. The molecule has 8 nitrogen and oxygen atoms in total. The van der Waals surface area contributed by atoms with Crippen molar-refractivity contribution < 1.29 is 13.2 Å². The Labute approximate surface area is 207 Å². The number of nitrogens with zero attached hydrogens (tertiary/aromatic N) is 4. The first kappa shape index (κ1) is 23.1. The van der Waals surface area contributed by atoms with Crippen molar-refractivity contribution in [1.29, 1.82) is 0 Å². The summed E-state index contributed by atoms with van der Waals surface area (Å²) in [4.78, 5) is 17.5. The number of sulfonamides is 1. The molecule has 0 saturated heterocycles. The van der Waals surface area contributed by atoms with Crippen LogP contribution in [0.15, 0.2) is 41.3 Å². The van der Waals surface area contributed by atoms with Crippen molar-refractivity contribution in [2.24, 2.45) is 0 Å². The van der Waals surface area contributed by atoms with Gasteiger partial charge in [-0.05, 0) is 73.7 Å². The summed E-state index contributed by atoms with van der Waals surface area (Å²) in [5.41, 5.74) is 4.01. The van der Waals surface area contributed by atoms with Crippen LogP contribution >= 0.6 is 22.9 Å². The third-order valence-electron chi connectivity index (χ3n) is 6.29. The van der Waals surface area contributed by atoms with Gasteiger partial charge in [0.2, 0.25) is 11.0 Å². The largest absolute Gasteiger partial charge is 0.360 e. The highest BCUT2D eigenvalue weighted by molar-refractivity contribution is 7.93. The number of anilines is 2. The molecule has 1 aromatic heterocycles. The number of fused-ring (bicyclic) bond motifs is 2. The van der Waals surface area contributed by atoms with Gasteiger partial charge in [0.1, 0.15) is 11.0 Å². The van der Waals surface area contributed by atoms with Gasteiger partial charge in [0, 0.05) is 30.3 Å². The molecule has 5 rings (SSSR count). The van der Waals surface area contributed by atoms with Crippen LogP contribution in [0.2, 0.25) is 5.02 Å². The van der Waals surface area contributed by atoms with E-state index in [0.29, 0.717) is 23.1 Å². The first-order valence-corrected chi connectivity index (χ1v) is 13.7. The first-order chi connectivity index (χ1) is 16.2. The summed E-state index contributed by atoms with van der Waals surface area (Å²) in [7, 11) is -3.79. The number of amides is 1. The number of rotatable bonds is 5. The van der Waals surface area contributed by atoms with E-state index in [1.807, 2.05) is 25.1 Å². The molecular weight excluding hydrogens is 494 g/mol. The van der Waals surface area contributed by atoms with Crippen molar-refractivity contribution in [3.63, 3.8) is 0 Å². The van der Waals surface area contributed by atoms with E-state index in [0.717, 1.165) is 41.8 Å². The second-order valence-corrected chi connectivity index (χ2v) is 11.9. The minimum absolute atomic E-state index is 0.0193. The van der Waals surface area contributed by atoms with E-state index in [4.69, 9.17) is 11.6 Å². The highest BCUT2D eigenvalue weighted by Crippen LogP contribution is 2.33. The summed E-state index contributed by atoms with van der Waals surface area (Å²) in [6, 6.07) is 10.5. The van der Waals surface area contributed by atoms with Crippen LogP contribution in [-0.2, 0) is 34.3 Å². The molecule has 3 aromatic rings. The van der Waals surface area contributed by atoms with Gasteiger partial charge in [0.25, 0.3) is 10.0 Å². The van der Waals surface area contributed by atoms with E-state index in [2.05, 4.69) is 19.8 Å². The summed E-state index contributed by atoms with van der Waals surface area (Å²) in [5.74, 6) is 0.0193. The minimum atomic E-state index is -3.79. The minimum Gasteiger partial charge on any atom is -0.360 e. The Kier molecular flexibility index (Phi) is 5.99. The van der Waals surface area contributed by atoms with Crippen LogP contribution in [0.5, 0.6) is 0 Å². The fourth-order valence-corrected chi connectivity index (χ4v) is 6.67. The highest BCUT2D eigenvalue weighted by atomic mass is 35.5. The summed E-state index contributed by atoms with van der Waals surface area (Å²) in [6.07, 6.45) is 1.91. The molecule has 34 heavy (non-hydrogen) atoms. The fraction of sp³-hybridized carbons (Fsp3) is 0.348. The Morgan fingerprint density at radius 3 is 2.68 bits per heavy atom. The predicted octanol–water partition coefficient (Wildman–Crippen LogP) is 3.98.